The molecule has 21 heavy (non-hydrogen) atoms. The standard InChI is InChI=1S/C17H30BrN3/c1-6-13-16(18)15(21(5)20-13)11-14(19-4)12-7-9-17(2,3)10-8-12/h12,14,19H,6-11H2,1-5H3. The van der Waals surface area contributed by atoms with E-state index >= 15 is 0 Å². The Balaban J connectivity index is 2.08. The predicted octanol–water partition coefficient (Wildman–Crippen LogP) is 4.09. The van der Waals surface area contributed by atoms with Gasteiger partial charge in [0.15, 0.2) is 0 Å². The molecule has 1 atom stereocenters. The van der Waals surface area contributed by atoms with Gasteiger partial charge in [0.2, 0.25) is 0 Å². The van der Waals surface area contributed by atoms with Crippen LogP contribution in [0.5, 0.6) is 0 Å². The number of likely N-dealkylation sites (N-methyl/N-ethyl adjacent to an activating group) is 1. The molecule has 2 rings (SSSR count). The van der Waals surface area contributed by atoms with E-state index in [0.29, 0.717) is 11.5 Å². The lowest BCUT2D eigenvalue weighted by Crippen LogP contribution is -2.39. The zero-order valence-corrected chi connectivity index (χ0v) is 15.8. The smallest absolute Gasteiger partial charge is 0.0766 e. The molecule has 1 saturated carbocycles. The van der Waals surface area contributed by atoms with Gasteiger partial charge < -0.3 is 5.32 Å². The topological polar surface area (TPSA) is 29.9 Å². The average Bonchev–Trinajstić information content (AvgIpc) is 2.72. The second kappa shape index (κ2) is 6.82. The van der Waals surface area contributed by atoms with Crippen LogP contribution >= 0.6 is 15.9 Å². The quantitative estimate of drug-likeness (QED) is 0.861. The fourth-order valence-electron chi connectivity index (χ4n) is 3.58. The molecule has 1 aromatic rings. The molecular formula is C17H30BrN3. The Bertz CT molecular complexity index is 469. The summed E-state index contributed by atoms with van der Waals surface area (Å²) in [5, 5.41) is 8.19. The van der Waals surface area contributed by atoms with Crippen LogP contribution in [-0.2, 0) is 19.9 Å². The summed E-state index contributed by atoms with van der Waals surface area (Å²) in [5.74, 6) is 0.787. The lowest BCUT2D eigenvalue weighted by atomic mass is 9.70. The van der Waals surface area contributed by atoms with Gasteiger partial charge in [0.1, 0.15) is 0 Å². The lowest BCUT2D eigenvalue weighted by molar-refractivity contribution is 0.163. The van der Waals surface area contributed by atoms with Crippen LogP contribution in [-0.4, -0.2) is 22.9 Å². The third-order valence-electron chi connectivity index (χ3n) is 5.24. The molecule has 1 unspecified atom stereocenters. The van der Waals surface area contributed by atoms with Gasteiger partial charge in [-0.3, -0.25) is 4.68 Å². The van der Waals surface area contributed by atoms with Crippen LogP contribution in [0.4, 0.5) is 0 Å². The summed E-state index contributed by atoms with van der Waals surface area (Å²) in [6, 6.07) is 0.553. The van der Waals surface area contributed by atoms with E-state index in [-0.39, 0.29) is 0 Å². The average molecular weight is 356 g/mol. The van der Waals surface area contributed by atoms with Crippen molar-refractivity contribution >= 4 is 15.9 Å². The van der Waals surface area contributed by atoms with Crippen LogP contribution in [0.2, 0.25) is 0 Å². The minimum absolute atomic E-state index is 0.539. The summed E-state index contributed by atoms with van der Waals surface area (Å²) < 4.78 is 3.27. The van der Waals surface area contributed by atoms with Gasteiger partial charge in [-0.05, 0) is 66.4 Å². The maximum atomic E-state index is 4.63. The van der Waals surface area contributed by atoms with Gasteiger partial charge in [0.25, 0.3) is 0 Å². The first-order chi connectivity index (χ1) is 9.88. The SMILES string of the molecule is CCc1nn(C)c(CC(NC)C2CCC(C)(C)CC2)c1Br. The third kappa shape index (κ3) is 3.89. The van der Waals surface area contributed by atoms with E-state index in [1.54, 1.807) is 0 Å². The van der Waals surface area contributed by atoms with Crippen molar-refractivity contribution in [1.82, 2.24) is 15.1 Å². The summed E-state index contributed by atoms with van der Waals surface area (Å²) in [7, 11) is 4.17. The second-order valence-electron chi connectivity index (χ2n) is 7.29. The summed E-state index contributed by atoms with van der Waals surface area (Å²) in [5.41, 5.74) is 3.04. The van der Waals surface area contributed by atoms with Gasteiger partial charge in [-0.15, -0.1) is 0 Å². The Morgan fingerprint density at radius 1 is 1.38 bits per heavy atom. The van der Waals surface area contributed by atoms with Crippen molar-refractivity contribution in [2.45, 2.75) is 65.3 Å². The van der Waals surface area contributed by atoms with Crippen molar-refractivity contribution in [2.75, 3.05) is 7.05 Å². The zero-order chi connectivity index (χ0) is 15.6. The fourth-order valence-corrected chi connectivity index (χ4v) is 4.36. The van der Waals surface area contributed by atoms with E-state index < -0.39 is 0 Å². The highest BCUT2D eigenvalue weighted by Gasteiger charge is 2.31. The van der Waals surface area contributed by atoms with Crippen molar-refractivity contribution in [1.29, 1.82) is 0 Å². The van der Waals surface area contributed by atoms with E-state index in [1.807, 2.05) is 0 Å². The molecule has 3 nitrogen and oxygen atoms in total. The summed E-state index contributed by atoms with van der Waals surface area (Å²) in [6.07, 6.45) is 7.43. The molecule has 0 aliphatic heterocycles. The van der Waals surface area contributed by atoms with Crippen LogP contribution in [0.15, 0.2) is 4.47 Å². The molecule has 1 aliphatic rings. The predicted molar refractivity (Wildman–Crippen MR) is 92.6 cm³/mol. The van der Waals surface area contributed by atoms with Gasteiger partial charge >= 0.3 is 0 Å². The molecule has 0 saturated heterocycles. The molecule has 1 heterocycles. The summed E-state index contributed by atoms with van der Waals surface area (Å²) in [6.45, 7) is 6.97. The van der Waals surface area contributed by atoms with Crippen molar-refractivity contribution < 1.29 is 0 Å². The number of hydrogen-bond acceptors (Lipinski definition) is 2. The van der Waals surface area contributed by atoms with E-state index in [0.717, 1.165) is 18.8 Å². The number of aromatic nitrogens is 2. The van der Waals surface area contributed by atoms with Crippen molar-refractivity contribution in [3.63, 3.8) is 0 Å². The van der Waals surface area contributed by atoms with Crippen LogP contribution in [0.1, 0.15) is 57.8 Å². The molecule has 0 amide bonds. The highest BCUT2D eigenvalue weighted by atomic mass is 79.9. The number of hydrogen-bond donors (Lipinski definition) is 1. The largest absolute Gasteiger partial charge is 0.316 e. The van der Waals surface area contributed by atoms with Gasteiger partial charge in [0, 0.05) is 19.5 Å². The Hall–Kier alpha value is -0.350. The van der Waals surface area contributed by atoms with E-state index in [1.165, 1.54) is 41.5 Å². The summed E-state index contributed by atoms with van der Waals surface area (Å²) in [4.78, 5) is 0. The van der Waals surface area contributed by atoms with Crippen LogP contribution in [0.25, 0.3) is 0 Å². The molecule has 0 aromatic carbocycles. The van der Waals surface area contributed by atoms with Gasteiger partial charge in [0.05, 0.1) is 15.9 Å². The highest BCUT2D eigenvalue weighted by molar-refractivity contribution is 9.10. The fraction of sp³-hybridized carbons (Fsp3) is 0.824. The van der Waals surface area contributed by atoms with Gasteiger partial charge in [-0.2, -0.15) is 5.10 Å². The van der Waals surface area contributed by atoms with E-state index in [2.05, 4.69) is 65.9 Å². The maximum Gasteiger partial charge on any atom is 0.0766 e. The van der Waals surface area contributed by atoms with Crippen LogP contribution < -0.4 is 5.32 Å². The van der Waals surface area contributed by atoms with Crippen molar-refractivity contribution in [2.24, 2.45) is 18.4 Å². The van der Waals surface area contributed by atoms with Crippen molar-refractivity contribution in [3.8, 4) is 0 Å². The molecule has 4 heteroatoms. The Morgan fingerprint density at radius 3 is 2.48 bits per heavy atom. The number of aryl methyl sites for hydroxylation is 2. The minimum Gasteiger partial charge on any atom is -0.316 e. The molecule has 0 bridgehead atoms. The Kier molecular flexibility index (Phi) is 5.53. The van der Waals surface area contributed by atoms with Crippen LogP contribution in [0.3, 0.4) is 0 Å². The molecule has 0 spiro atoms. The van der Waals surface area contributed by atoms with Gasteiger partial charge in [-0.1, -0.05) is 20.8 Å². The van der Waals surface area contributed by atoms with Crippen LogP contribution in [0, 0.1) is 11.3 Å². The molecule has 120 valence electrons. The normalized spacial score (nSPS) is 20.7. The minimum atomic E-state index is 0.539. The molecule has 0 radical (unpaired) electrons. The second-order valence-corrected chi connectivity index (χ2v) is 8.08. The van der Waals surface area contributed by atoms with E-state index in [4.69, 9.17) is 0 Å². The monoisotopic (exact) mass is 355 g/mol. The zero-order valence-electron chi connectivity index (χ0n) is 14.2. The lowest BCUT2D eigenvalue weighted by Gasteiger charge is -2.38. The Morgan fingerprint density at radius 2 is 2.00 bits per heavy atom. The first kappa shape index (κ1) is 17.0. The number of rotatable bonds is 5. The highest BCUT2D eigenvalue weighted by Crippen LogP contribution is 2.40. The third-order valence-corrected chi connectivity index (χ3v) is 6.16. The maximum absolute atomic E-state index is 4.63. The first-order valence-electron chi connectivity index (χ1n) is 8.25. The molecule has 1 N–H and O–H groups in total. The Labute approximate surface area is 138 Å². The molecular weight excluding hydrogens is 326 g/mol. The summed E-state index contributed by atoms with van der Waals surface area (Å²) >= 11 is 3.75. The number of nitrogens with zero attached hydrogens (tertiary/aromatic N) is 2. The first-order valence-corrected chi connectivity index (χ1v) is 9.04. The molecule has 1 aliphatic carbocycles. The van der Waals surface area contributed by atoms with Gasteiger partial charge in [-0.25, -0.2) is 0 Å². The molecule has 1 fully saturated rings. The van der Waals surface area contributed by atoms with Crippen molar-refractivity contribution in [3.05, 3.63) is 15.9 Å². The number of nitrogens with one attached hydrogen (secondary N) is 1. The molecule has 1 aromatic heterocycles. The van der Waals surface area contributed by atoms with E-state index in [9.17, 15) is 0 Å². The number of halogens is 1.